The first kappa shape index (κ1) is 17.2. The van der Waals surface area contributed by atoms with E-state index in [0.717, 1.165) is 25.8 Å². The maximum atomic E-state index is 8.70. The van der Waals surface area contributed by atoms with Gasteiger partial charge in [-0.25, -0.2) is 0 Å². The summed E-state index contributed by atoms with van der Waals surface area (Å²) in [7, 11) is 2.19. The van der Waals surface area contributed by atoms with Crippen LogP contribution in [0.1, 0.15) is 59.8 Å². The van der Waals surface area contributed by atoms with Crippen molar-refractivity contribution >= 4 is 5.84 Å². The van der Waals surface area contributed by atoms with Crippen molar-refractivity contribution in [2.45, 2.75) is 65.8 Å². The summed E-state index contributed by atoms with van der Waals surface area (Å²) in [5.41, 5.74) is 5.46. The van der Waals surface area contributed by atoms with Crippen molar-refractivity contribution in [1.29, 1.82) is 0 Å². The fourth-order valence-electron chi connectivity index (χ4n) is 2.05. The minimum absolute atomic E-state index is 0.206. The molecule has 0 aromatic carbocycles. The van der Waals surface area contributed by atoms with Crippen LogP contribution >= 0.6 is 0 Å². The SMILES string of the molecule is CCCC(C)N(C)CCCCC(C)(C)C(N)=NO. The molecule has 0 bridgehead atoms. The fraction of sp³-hybridized carbons (Fsp3) is 0.929. The highest BCUT2D eigenvalue weighted by Gasteiger charge is 2.22. The third-order valence-electron chi connectivity index (χ3n) is 3.82. The van der Waals surface area contributed by atoms with Crippen LogP contribution in [0.3, 0.4) is 0 Å². The summed E-state index contributed by atoms with van der Waals surface area (Å²) in [6, 6.07) is 0.659. The summed E-state index contributed by atoms with van der Waals surface area (Å²) in [6.45, 7) is 9.66. The Morgan fingerprint density at radius 3 is 2.50 bits per heavy atom. The van der Waals surface area contributed by atoms with Crippen molar-refractivity contribution in [3.05, 3.63) is 0 Å². The molecule has 1 atom stereocenters. The number of amidine groups is 1. The van der Waals surface area contributed by atoms with Crippen molar-refractivity contribution in [2.75, 3.05) is 13.6 Å². The summed E-state index contributed by atoms with van der Waals surface area (Å²) in [4.78, 5) is 2.42. The molecule has 0 saturated heterocycles. The van der Waals surface area contributed by atoms with Crippen LogP contribution in [0.15, 0.2) is 5.16 Å². The van der Waals surface area contributed by atoms with Gasteiger partial charge in [0.15, 0.2) is 0 Å². The van der Waals surface area contributed by atoms with E-state index in [1.165, 1.54) is 12.8 Å². The molecule has 1 unspecified atom stereocenters. The molecular weight excluding hydrogens is 226 g/mol. The van der Waals surface area contributed by atoms with Crippen LogP contribution in [-0.2, 0) is 0 Å². The van der Waals surface area contributed by atoms with Crippen molar-refractivity contribution < 1.29 is 5.21 Å². The van der Waals surface area contributed by atoms with Gasteiger partial charge in [0.1, 0.15) is 5.84 Å². The quantitative estimate of drug-likeness (QED) is 0.219. The van der Waals surface area contributed by atoms with E-state index >= 15 is 0 Å². The Morgan fingerprint density at radius 1 is 1.39 bits per heavy atom. The van der Waals surface area contributed by atoms with Gasteiger partial charge in [0.25, 0.3) is 0 Å². The third-order valence-corrected chi connectivity index (χ3v) is 3.82. The lowest BCUT2D eigenvalue weighted by molar-refractivity contribution is 0.236. The molecule has 0 aromatic rings. The van der Waals surface area contributed by atoms with E-state index in [1.807, 2.05) is 13.8 Å². The maximum absolute atomic E-state index is 8.70. The van der Waals surface area contributed by atoms with Crippen LogP contribution in [0.5, 0.6) is 0 Å². The average Bonchev–Trinajstić information content (AvgIpc) is 2.33. The zero-order valence-electron chi connectivity index (χ0n) is 12.7. The molecule has 18 heavy (non-hydrogen) atoms. The fourth-order valence-corrected chi connectivity index (χ4v) is 2.05. The first-order valence-electron chi connectivity index (χ1n) is 7.03. The molecule has 0 amide bonds. The second-order valence-corrected chi connectivity index (χ2v) is 5.94. The van der Waals surface area contributed by atoms with Crippen LogP contribution in [-0.4, -0.2) is 35.6 Å². The van der Waals surface area contributed by atoms with E-state index in [9.17, 15) is 0 Å². The molecule has 0 aliphatic carbocycles. The highest BCUT2D eigenvalue weighted by Crippen LogP contribution is 2.23. The number of nitrogens with two attached hydrogens (primary N) is 1. The number of oxime groups is 1. The molecule has 0 rings (SSSR count). The Hall–Kier alpha value is -0.770. The zero-order valence-corrected chi connectivity index (χ0v) is 12.7. The summed E-state index contributed by atoms with van der Waals surface area (Å²) >= 11 is 0. The lowest BCUT2D eigenvalue weighted by Gasteiger charge is -2.26. The van der Waals surface area contributed by atoms with Gasteiger partial charge in [-0.15, -0.1) is 0 Å². The monoisotopic (exact) mass is 257 g/mol. The summed E-state index contributed by atoms with van der Waals surface area (Å²) < 4.78 is 0. The smallest absolute Gasteiger partial charge is 0.144 e. The normalized spacial score (nSPS) is 15.1. The minimum atomic E-state index is -0.206. The number of hydrogen-bond acceptors (Lipinski definition) is 3. The van der Waals surface area contributed by atoms with Gasteiger partial charge in [-0.05, 0) is 39.8 Å². The molecule has 108 valence electrons. The Balaban J connectivity index is 3.86. The number of unbranched alkanes of at least 4 members (excludes halogenated alkanes) is 1. The second kappa shape index (κ2) is 8.35. The van der Waals surface area contributed by atoms with Crippen LogP contribution in [0.2, 0.25) is 0 Å². The molecule has 3 N–H and O–H groups in total. The van der Waals surface area contributed by atoms with Crippen LogP contribution < -0.4 is 5.73 Å². The highest BCUT2D eigenvalue weighted by molar-refractivity contribution is 5.85. The first-order chi connectivity index (χ1) is 8.35. The molecule has 0 radical (unpaired) electrons. The zero-order chi connectivity index (χ0) is 14.2. The number of nitrogens with zero attached hydrogens (tertiary/aromatic N) is 2. The molecule has 0 aliphatic rings. The van der Waals surface area contributed by atoms with Crippen LogP contribution in [0, 0.1) is 5.41 Å². The Bertz CT molecular complexity index is 251. The van der Waals surface area contributed by atoms with Gasteiger partial charge in [-0.2, -0.15) is 0 Å². The molecule has 4 heteroatoms. The van der Waals surface area contributed by atoms with E-state index in [1.54, 1.807) is 0 Å². The highest BCUT2D eigenvalue weighted by atomic mass is 16.4. The molecule has 0 heterocycles. The number of hydrogen-bond donors (Lipinski definition) is 2. The Kier molecular flexibility index (Phi) is 8.00. The average molecular weight is 257 g/mol. The minimum Gasteiger partial charge on any atom is -0.409 e. The van der Waals surface area contributed by atoms with E-state index in [2.05, 4.69) is 31.0 Å². The third kappa shape index (κ3) is 6.24. The van der Waals surface area contributed by atoms with Gasteiger partial charge in [0.2, 0.25) is 0 Å². The molecule has 0 saturated carbocycles. The van der Waals surface area contributed by atoms with E-state index in [-0.39, 0.29) is 5.41 Å². The second-order valence-electron chi connectivity index (χ2n) is 5.94. The van der Waals surface area contributed by atoms with Gasteiger partial charge >= 0.3 is 0 Å². The van der Waals surface area contributed by atoms with Gasteiger partial charge in [-0.3, -0.25) is 0 Å². The van der Waals surface area contributed by atoms with Crippen LogP contribution in [0.4, 0.5) is 0 Å². The van der Waals surface area contributed by atoms with Gasteiger partial charge in [0, 0.05) is 11.5 Å². The number of rotatable bonds is 9. The summed E-state index contributed by atoms with van der Waals surface area (Å²) in [5, 5.41) is 11.8. The van der Waals surface area contributed by atoms with Gasteiger partial charge in [0.05, 0.1) is 0 Å². The Labute approximate surface area is 112 Å². The van der Waals surface area contributed by atoms with Gasteiger partial charge in [-0.1, -0.05) is 38.8 Å². The molecular formula is C14H31N3O. The maximum Gasteiger partial charge on any atom is 0.144 e. The Morgan fingerprint density at radius 2 is 2.00 bits per heavy atom. The molecule has 4 nitrogen and oxygen atoms in total. The molecule has 0 aliphatic heterocycles. The van der Waals surface area contributed by atoms with Crippen molar-refractivity contribution in [2.24, 2.45) is 16.3 Å². The standard InChI is InChI=1S/C14H31N3O/c1-6-9-12(2)17(5)11-8-7-10-14(3,4)13(15)16-18/h12,18H,6-11H2,1-5H3,(H2,15,16). The predicted octanol–water partition coefficient (Wildman–Crippen LogP) is 3.05. The lowest BCUT2D eigenvalue weighted by Crippen LogP contribution is -2.32. The van der Waals surface area contributed by atoms with Gasteiger partial charge < -0.3 is 15.8 Å². The van der Waals surface area contributed by atoms with Crippen molar-refractivity contribution in [1.82, 2.24) is 4.90 Å². The van der Waals surface area contributed by atoms with E-state index in [4.69, 9.17) is 10.9 Å². The predicted molar refractivity (Wildman–Crippen MR) is 78.0 cm³/mol. The van der Waals surface area contributed by atoms with E-state index in [0.29, 0.717) is 11.9 Å². The summed E-state index contributed by atoms with van der Waals surface area (Å²) in [6.07, 6.45) is 5.71. The largest absolute Gasteiger partial charge is 0.409 e. The first-order valence-corrected chi connectivity index (χ1v) is 7.03. The molecule has 0 aromatic heterocycles. The lowest BCUT2D eigenvalue weighted by atomic mass is 9.86. The van der Waals surface area contributed by atoms with Crippen molar-refractivity contribution in [3.63, 3.8) is 0 Å². The van der Waals surface area contributed by atoms with Crippen molar-refractivity contribution in [3.8, 4) is 0 Å². The molecule has 0 spiro atoms. The van der Waals surface area contributed by atoms with Crippen LogP contribution in [0.25, 0.3) is 0 Å². The topological polar surface area (TPSA) is 61.8 Å². The van der Waals surface area contributed by atoms with E-state index < -0.39 is 0 Å². The molecule has 0 fully saturated rings. The summed E-state index contributed by atoms with van der Waals surface area (Å²) in [5.74, 6) is 0.329.